The molecular formula is C13H21N5O. The predicted molar refractivity (Wildman–Crippen MR) is 74.9 cm³/mol. The quantitative estimate of drug-likeness (QED) is 0.852. The van der Waals surface area contributed by atoms with Crippen molar-refractivity contribution in [3.63, 3.8) is 0 Å². The van der Waals surface area contributed by atoms with Crippen molar-refractivity contribution in [2.45, 2.75) is 39.7 Å². The lowest BCUT2D eigenvalue weighted by Gasteiger charge is -2.22. The maximum absolute atomic E-state index is 5.86. The van der Waals surface area contributed by atoms with Gasteiger partial charge >= 0.3 is 0 Å². The average molecular weight is 263 g/mol. The summed E-state index contributed by atoms with van der Waals surface area (Å²) in [5, 5.41) is 5.39. The normalized spacial score (nSPS) is 19.0. The van der Waals surface area contributed by atoms with Crippen molar-refractivity contribution in [2.24, 2.45) is 0 Å². The number of nitrogen functional groups attached to an aromatic ring is 1. The molecule has 3 heterocycles. The lowest BCUT2D eigenvalue weighted by atomic mass is 10.1. The molecule has 1 atom stereocenters. The maximum Gasteiger partial charge on any atom is 0.163 e. The Bertz CT molecular complexity index is 545. The molecule has 0 aliphatic carbocycles. The van der Waals surface area contributed by atoms with E-state index in [1.54, 1.807) is 0 Å². The zero-order chi connectivity index (χ0) is 13.8. The highest BCUT2D eigenvalue weighted by Gasteiger charge is 2.21. The van der Waals surface area contributed by atoms with Gasteiger partial charge in [0.2, 0.25) is 0 Å². The van der Waals surface area contributed by atoms with E-state index in [2.05, 4.69) is 15.1 Å². The Morgan fingerprint density at radius 2 is 2.16 bits per heavy atom. The number of hydrogen-bond acceptors (Lipinski definition) is 5. The summed E-state index contributed by atoms with van der Waals surface area (Å²) in [5.74, 6) is 0.496. The second-order valence-electron chi connectivity index (χ2n) is 4.36. The van der Waals surface area contributed by atoms with Gasteiger partial charge in [-0.05, 0) is 19.8 Å². The van der Waals surface area contributed by atoms with E-state index in [1.165, 1.54) is 6.33 Å². The molecule has 0 amide bonds. The third kappa shape index (κ3) is 2.53. The Kier molecular flexibility index (Phi) is 4.31. The van der Waals surface area contributed by atoms with Crippen LogP contribution in [0.4, 0.5) is 5.82 Å². The molecule has 6 nitrogen and oxygen atoms in total. The molecule has 2 aromatic rings. The van der Waals surface area contributed by atoms with Gasteiger partial charge in [-0.3, -0.25) is 0 Å². The van der Waals surface area contributed by atoms with Crippen LogP contribution in [-0.2, 0) is 4.74 Å². The minimum absolute atomic E-state index is 0.259. The number of nitrogens with zero attached hydrogens (tertiary/aromatic N) is 4. The van der Waals surface area contributed by atoms with Crippen LogP contribution in [0.5, 0.6) is 0 Å². The summed E-state index contributed by atoms with van der Waals surface area (Å²) in [6.07, 6.45) is 3.62. The topological polar surface area (TPSA) is 78.8 Å². The van der Waals surface area contributed by atoms with Gasteiger partial charge in [0.25, 0.3) is 0 Å². The largest absolute Gasteiger partial charge is 0.383 e. The van der Waals surface area contributed by atoms with E-state index in [0.717, 1.165) is 36.2 Å². The van der Waals surface area contributed by atoms with Crippen molar-refractivity contribution in [1.82, 2.24) is 19.7 Å². The Morgan fingerprint density at radius 3 is 2.84 bits per heavy atom. The SMILES string of the molecule is CC.Cc1nn(C2CCCOC2)c2ncnc(N)c12. The second kappa shape index (κ2) is 5.97. The molecule has 1 unspecified atom stereocenters. The second-order valence-corrected chi connectivity index (χ2v) is 4.36. The van der Waals surface area contributed by atoms with Gasteiger partial charge < -0.3 is 10.5 Å². The van der Waals surface area contributed by atoms with Gasteiger partial charge in [-0.1, -0.05) is 13.8 Å². The number of aromatic nitrogens is 4. The Hall–Kier alpha value is -1.69. The van der Waals surface area contributed by atoms with Crippen LogP contribution in [0.15, 0.2) is 6.33 Å². The minimum atomic E-state index is 0.259. The fraction of sp³-hybridized carbons (Fsp3) is 0.615. The van der Waals surface area contributed by atoms with E-state index in [-0.39, 0.29) is 6.04 Å². The fourth-order valence-electron chi connectivity index (χ4n) is 2.34. The first kappa shape index (κ1) is 13.7. The number of rotatable bonds is 1. The number of nitrogens with two attached hydrogens (primary N) is 1. The first-order chi connectivity index (χ1) is 9.27. The molecule has 1 saturated heterocycles. The molecule has 1 aliphatic rings. The number of hydrogen-bond donors (Lipinski definition) is 1. The minimum Gasteiger partial charge on any atom is -0.383 e. The number of fused-ring (bicyclic) bond motifs is 1. The molecule has 0 saturated carbocycles. The van der Waals surface area contributed by atoms with Crippen LogP contribution in [0.1, 0.15) is 38.4 Å². The highest BCUT2D eigenvalue weighted by Crippen LogP contribution is 2.26. The third-order valence-corrected chi connectivity index (χ3v) is 3.18. The average Bonchev–Trinajstić information content (AvgIpc) is 2.81. The molecular weight excluding hydrogens is 242 g/mol. The third-order valence-electron chi connectivity index (χ3n) is 3.18. The summed E-state index contributed by atoms with van der Waals surface area (Å²) in [7, 11) is 0. The fourth-order valence-corrected chi connectivity index (χ4v) is 2.34. The van der Waals surface area contributed by atoms with Gasteiger partial charge in [0, 0.05) is 6.61 Å². The molecule has 2 N–H and O–H groups in total. The number of anilines is 1. The van der Waals surface area contributed by atoms with E-state index in [9.17, 15) is 0 Å². The molecule has 19 heavy (non-hydrogen) atoms. The Labute approximate surface area is 113 Å². The van der Waals surface area contributed by atoms with Crippen molar-refractivity contribution in [1.29, 1.82) is 0 Å². The first-order valence-electron chi connectivity index (χ1n) is 6.80. The summed E-state index contributed by atoms with van der Waals surface area (Å²) in [4.78, 5) is 8.30. The van der Waals surface area contributed by atoms with Crippen molar-refractivity contribution < 1.29 is 4.74 Å². The highest BCUT2D eigenvalue weighted by atomic mass is 16.5. The van der Waals surface area contributed by atoms with Crippen LogP contribution in [0, 0.1) is 6.92 Å². The van der Waals surface area contributed by atoms with Gasteiger partial charge in [0.1, 0.15) is 12.1 Å². The molecule has 1 aliphatic heterocycles. The van der Waals surface area contributed by atoms with Gasteiger partial charge in [-0.2, -0.15) is 5.10 Å². The first-order valence-corrected chi connectivity index (χ1v) is 6.80. The summed E-state index contributed by atoms with van der Waals surface area (Å²) < 4.78 is 7.42. The van der Waals surface area contributed by atoms with Crippen LogP contribution in [0.25, 0.3) is 11.0 Å². The summed E-state index contributed by atoms with van der Waals surface area (Å²) in [5.41, 5.74) is 7.55. The summed E-state index contributed by atoms with van der Waals surface area (Å²) in [6, 6.07) is 0.259. The zero-order valence-electron chi connectivity index (χ0n) is 11.8. The van der Waals surface area contributed by atoms with Crippen LogP contribution in [0.2, 0.25) is 0 Å². The van der Waals surface area contributed by atoms with Crippen LogP contribution < -0.4 is 5.73 Å². The zero-order valence-corrected chi connectivity index (χ0v) is 11.8. The highest BCUT2D eigenvalue weighted by molar-refractivity contribution is 5.87. The van der Waals surface area contributed by atoms with Crippen molar-refractivity contribution in [3.8, 4) is 0 Å². The van der Waals surface area contributed by atoms with Gasteiger partial charge in [0.15, 0.2) is 5.65 Å². The van der Waals surface area contributed by atoms with Crippen molar-refractivity contribution >= 4 is 16.9 Å². The van der Waals surface area contributed by atoms with E-state index < -0.39 is 0 Å². The van der Waals surface area contributed by atoms with E-state index in [0.29, 0.717) is 12.4 Å². The molecule has 104 valence electrons. The molecule has 0 radical (unpaired) electrons. The lowest BCUT2D eigenvalue weighted by Crippen LogP contribution is -2.22. The smallest absolute Gasteiger partial charge is 0.163 e. The van der Waals surface area contributed by atoms with Crippen LogP contribution >= 0.6 is 0 Å². The van der Waals surface area contributed by atoms with Crippen molar-refractivity contribution in [2.75, 3.05) is 18.9 Å². The summed E-state index contributed by atoms with van der Waals surface area (Å²) >= 11 is 0. The van der Waals surface area contributed by atoms with Gasteiger partial charge in [-0.25, -0.2) is 14.6 Å². The molecule has 3 rings (SSSR count). The predicted octanol–water partition coefficient (Wildman–Crippen LogP) is 2.09. The molecule has 1 fully saturated rings. The Balaban J connectivity index is 0.000000637. The molecule has 0 spiro atoms. The lowest BCUT2D eigenvalue weighted by molar-refractivity contribution is 0.0562. The maximum atomic E-state index is 5.86. The number of aryl methyl sites for hydroxylation is 1. The van der Waals surface area contributed by atoms with Gasteiger partial charge in [-0.15, -0.1) is 0 Å². The molecule has 6 heteroatoms. The van der Waals surface area contributed by atoms with Crippen molar-refractivity contribution in [3.05, 3.63) is 12.0 Å². The molecule has 2 aromatic heterocycles. The van der Waals surface area contributed by atoms with Gasteiger partial charge in [0.05, 0.1) is 23.7 Å². The van der Waals surface area contributed by atoms with E-state index in [1.807, 2.05) is 25.5 Å². The molecule has 0 aromatic carbocycles. The van der Waals surface area contributed by atoms with Crippen LogP contribution in [-0.4, -0.2) is 33.0 Å². The van der Waals surface area contributed by atoms with E-state index in [4.69, 9.17) is 10.5 Å². The standard InChI is InChI=1S/C11H15N5O.C2H6/c1-7-9-10(12)13-6-14-11(9)16(15-7)8-3-2-4-17-5-8;1-2/h6,8H,2-5H2,1H3,(H2,12,13,14);1-2H3. The Morgan fingerprint density at radius 1 is 1.37 bits per heavy atom. The molecule has 0 bridgehead atoms. The summed E-state index contributed by atoms with van der Waals surface area (Å²) in [6.45, 7) is 7.47. The van der Waals surface area contributed by atoms with E-state index >= 15 is 0 Å². The van der Waals surface area contributed by atoms with Crippen LogP contribution in [0.3, 0.4) is 0 Å². The number of ether oxygens (including phenoxy) is 1. The monoisotopic (exact) mass is 263 g/mol.